The van der Waals surface area contributed by atoms with Gasteiger partial charge in [-0.05, 0) is 35.9 Å². The first-order chi connectivity index (χ1) is 13.3. The number of aromatic nitrogens is 1. The Labute approximate surface area is 156 Å². The number of hydrogen-bond donors (Lipinski definition) is 2. The average molecular weight is 351 g/mol. The molecule has 27 heavy (non-hydrogen) atoms. The van der Waals surface area contributed by atoms with E-state index in [0.29, 0.717) is 0 Å². The molecule has 0 radical (unpaired) electrons. The summed E-state index contributed by atoms with van der Waals surface area (Å²) in [7, 11) is 0. The first-order valence-electron chi connectivity index (χ1n) is 8.91. The molecule has 4 aromatic rings. The number of nitrogens with one attached hydrogen (secondary N) is 2. The van der Waals surface area contributed by atoms with Gasteiger partial charge in [-0.15, -0.1) is 0 Å². The Morgan fingerprint density at radius 2 is 1.59 bits per heavy atom. The molecule has 0 spiro atoms. The summed E-state index contributed by atoms with van der Waals surface area (Å²) in [6.07, 6.45) is 0. The highest BCUT2D eigenvalue weighted by molar-refractivity contribution is 6.05. The van der Waals surface area contributed by atoms with Gasteiger partial charge >= 0.3 is 0 Å². The van der Waals surface area contributed by atoms with Crippen LogP contribution in [0.4, 0.5) is 17.1 Å². The number of anilines is 3. The molecule has 0 aliphatic carbocycles. The van der Waals surface area contributed by atoms with Crippen molar-refractivity contribution in [3.8, 4) is 0 Å². The number of para-hydroxylation sites is 3. The second-order valence-electron chi connectivity index (χ2n) is 6.61. The zero-order chi connectivity index (χ0) is 18.2. The van der Waals surface area contributed by atoms with E-state index >= 15 is 0 Å². The molecule has 0 saturated heterocycles. The molecule has 1 aromatic heterocycles. The van der Waals surface area contributed by atoms with E-state index in [1.54, 1.807) is 0 Å². The van der Waals surface area contributed by atoms with Crippen LogP contribution in [0, 0.1) is 0 Å². The van der Waals surface area contributed by atoms with Crippen LogP contribution in [-0.4, -0.2) is 10.9 Å². The van der Waals surface area contributed by atoms with Crippen LogP contribution >= 0.6 is 0 Å². The molecule has 1 aliphatic heterocycles. The summed E-state index contributed by atoms with van der Waals surface area (Å²) in [5.74, 6) is -0.438. The Morgan fingerprint density at radius 3 is 2.48 bits per heavy atom. The molecular weight excluding hydrogens is 334 g/mol. The van der Waals surface area contributed by atoms with Crippen LogP contribution < -0.4 is 10.6 Å². The SMILES string of the molecule is O=C1Nc2ccccc2C1c1cc(Nc2ccccc2)c2ccccc2n1. The maximum atomic E-state index is 12.7. The number of fused-ring (bicyclic) bond motifs is 2. The van der Waals surface area contributed by atoms with Gasteiger partial charge in [0.2, 0.25) is 5.91 Å². The third kappa shape index (κ3) is 2.72. The molecule has 2 heterocycles. The second kappa shape index (κ2) is 6.25. The van der Waals surface area contributed by atoms with Crippen LogP contribution in [0.3, 0.4) is 0 Å². The number of benzene rings is 3. The smallest absolute Gasteiger partial charge is 0.238 e. The third-order valence-electron chi connectivity index (χ3n) is 4.88. The minimum Gasteiger partial charge on any atom is -0.355 e. The molecule has 4 nitrogen and oxygen atoms in total. The van der Waals surface area contributed by atoms with Crippen molar-refractivity contribution in [2.75, 3.05) is 10.6 Å². The summed E-state index contributed by atoms with van der Waals surface area (Å²) in [6.45, 7) is 0. The quantitative estimate of drug-likeness (QED) is 0.542. The lowest BCUT2D eigenvalue weighted by atomic mass is 9.95. The van der Waals surface area contributed by atoms with Crippen molar-refractivity contribution < 1.29 is 4.79 Å². The van der Waals surface area contributed by atoms with E-state index < -0.39 is 5.92 Å². The molecule has 2 N–H and O–H groups in total. The molecule has 1 aliphatic rings. The van der Waals surface area contributed by atoms with Crippen LogP contribution in [0.5, 0.6) is 0 Å². The predicted molar refractivity (Wildman–Crippen MR) is 108 cm³/mol. The predicted octanol–water partition coefficient (Wildman–Crippen LogP) is 5.06. The van der Waals surface area contributed by atoms with Gasteiger partial charge in [0.1, 0.15) is 5.92 Å². The fourth-order valence-corrected chi connectivity index (χ4v) is 3.63. The van der Waals surface area contributed by atoms with E-state index in [9.17, 15) is 4.79 Å². The van der Waals surface area contributed by atoms with Gasteiger partial charge in [-0.2, -0.15) is 0 Å². The Hall–Kier alpha value is -3.66. The topological polar surface area (TPSA) is 54.0 Å². The number of pyridine rings is 1. The molecule has 1 atom stereocenters. The van der Waals surface area contributed by atoms with Gasteiger partial charge in [-0.1, -0.05) is 54.6 Å². The Bertz CT molecular complexity index is 1150. The monoisotopic (exact) mass is 351 g/mol. The molecule has 4 heteroatoms. The Balaban J connectivity index is 1.67. The van der Waals surface area contributed by atoms with E-state index in [0.717, 1.165) is 39.2 Å². The Morgan fingerprint density at radius 1 is 0.852 bits per heavy atom. The van der Waals surface area contributed by atoms with Crippen molar-refractivity contribution in [3.63, 3.8) is 0 Å². The minimum atomic E-state index is -0.401. The van der Waals surface area contributed by atoms with Gasteiger partial charge in [-0.25, -0.2) is 0 Å². The summed E-state index contributed by atoms with van der Waals surface area (Å²) in [6, 6.07) is 27.8. The van der Waals surface area contributed by atoms with Crippen LogP contribution in [0.2, 0.25) is 0 Å². The molecular formula is C23H17N3O. The van der Waals surface area contributed by atoms with Gasteiger partial charge in [0.25, 0.3) is 0 Å². The first-order valence-corrected chi connectivity index (χ1v) is 8.91. The first kappa shape index (κ1) is 15.6. The number of carbonyl (C=O) groups is 1. The van der Waals surface area contributed by atoms with Crippen LogP contribution in [0.1, 0.15) is 17.2 Å². The van der Waals surface area contributed by atoms with Gasteiger partial charge in [0, 0.05) is 22.4 Å². The molecule has 5 rings (SSSR count). The molecule has 3 aromatic carbocycles. The van der Waals surface area contributed by atoms with Gasteiger partial charge in [0.15, 0.2) is 0 Å². The van der Waals surface area contributed by atoms with Crippen molar-refractivity contribution in [3.05, 3.63) is 96.2 Å². The van der Waals surface area contributed by atoms with Gasteiger partial charge in [-0.3, -0.25) is 9.78 Å². The number of amides is 1. The van der Waals surface area contributed by atoms with E-state index in [1.807, 2.05) is 84.9 Å². The van der Waals surface area contributed by atoms with Crippen molar-refractivity contribution in [2.24, 2.45) is 0 Å². The van der Waals surface area contributed by atoms with E-state index in [2.05, 4.69) is 10.6 Å². The minimum absolute atomic E-state index is 0.0374. The van der Waals surface area contributed by atoms with Gasteiger partial charge in [0.05, 0.1) is 11.2 Å². The van der Waals surface area contributed by atoms with E-state index in [4.69, 9.17) is 4.98 Å². The van der Waals surface area contributed by atoms with E-state index in [-0.39, 0.29) is 5.91 Å². The van der Waals surface area contributed by atoms with Crippen molar-refractivity contribution in [1.29, 1.82) is 0 Å². The highest BCUT2D eigenvalue weighted by Gasteiger charge is 2.33. The molecule has 1 amide bonds. The lowest BCUT2D eigenvalue weighted by Crippen LogP contribution is -2.14. The van der Waals surface area contributed by atoms with E-state index in [1.165, 1.54) is 0 Å². The summed E-state index contributed by atoms with van der Waals surface area (Å²) < 4.78 is 0. The highest BCUT2D eigenvalue weighted by atomic mass is 16.2. The van der Waals surface area contributed by atoms with Crippen molar-refractivity contribution in [2.45, 2.75) is 5.92 Å². The normalized spacial score (nSPS) is 15.4. The van der Waals surface area contributed by atoms with Crippen molar-refractivity contribution in [1.82, 2.24) is 4.98 Å². The maximum absolute atomic E-state index is 12.7. The fraction of sp³-hybridized carbons (Fsp3) is 0.0435. The fourth-order valence-electron chi connectivity index (χ4n) is 3.63. The van der Waals surface area contributed by atoms with Crippen molar-refractivity contribution >= 4 is 33.9 Å². The summed E-state index contributed by atoms with van der Waals surface area (Å²) in [5, 5.41) is 7.47. The number of hydrogen-bond acceptors (Lipinski definition) is 3. The lowest BCUT2D eigenvalue weighted by Gasteiger charge is -2.15. The maximum Gasteiger partial charge on any atom is 0.238 e. The summed E-state index contributed by atoms with van der Waals surface area (Å²) in [5.41, 5.74) is 5.38. The van der Waals surface area contributed by atoms with Crippen LogP contribution in [-0.2, 0) is 4.79 Å². The third-order valence-corrected chi connectivity index (χ3v) is 4.88. The number of carbonyl (C=O) groups excluding carboxylic acids is 1. The summed E-state index contributed by atoms with van der Waals surface area (Å²) in [4.78, 5) is 17.5. The van der Waals surface area contributed by atoms with Gasteiger partial charge < -0.3 is 10.6 Å². The molecule has 0 saturated carbocycles. The molecule has 0 fully saturated rings. The highest BCUT2D eigenvalue weighted by Crippen LogP contribution is 2.38. The van der Waals surface area contributed by atoms with Crippen LogP contribution in [0.15, 0.2) is 84.9 Å². The zero-order valence-electron chi connectivity index (χ0n) is 14.5. The average Bonchev–Trinajstić information content (AvgIpc) is 3.04. The number of rotatable bonds is 3. The molecule has 1 unspecified atom stereocenters. The Kier molecular flexibility index (Phi) is 3.61. The zero-order valence-corrected chi connectivity index (χ0v) is 14.5. The second-order valence-corrected chi connectivity index (χ2v) is 6.61. The largest absolute Gasteiger partial charge is 0.355 e. The number of nitrogens with zero attached hydrogens (tertiary/aromatic N) is 1. The molecule has 130 valence electrons. The summed E-state index contributed by atoms with van der Waals surface area (Å²) >= 11 is 0. The standard InChI is InChI=1S/C23H17N3O/c27-23-22(17-11-5-7-13-19(17)26-23)21-14-20(24-15-8-2-1-3-9-15)16-10-4-6-12-18(16)25-21/h1-14,22H,(H,24,25)(H,26,27). The van der Waals surface area contributed by atoms with Crippen LogP contribution in [0.25, 0.3) is 10.9 Å². The lowest BCUT2D eigenvalue weighted by molar-refractivity contribution is -0.116. The molecule has 0 bridgehead atoms.